The summed E-state index contributed by atoms with van der Waals surface area (Å²) in [6, 6.07) is 19.8. The standard InChI is InChI=1S/C27H24ClN3O4S/c1-18-8-7-13-29-24(18)31(16-22-15-30-27(28)36-22)25(32)23(20-11-6-12-21(14-20)34-2)26(33)35-17-19-9-4-3-5-10-19/h3-15,23H,16-17H2,1-2H3. The maximum atomic E-state index is 14.2. The van der Waals surface area contributed by atoms with Crippen molar-refractivity contribution in [2.75, 3.05) is 12.0 Å². The Bertz CT molecular complexity index is 1350. The first-order valence-corrected chi connectivity index (χ1v) is 12.3. The molecule has 2 heterocycles. The molecular weight excluding hydrogens is 498 g/mol. The summed E-state index contributed by atoms with van der Waals surface area (Å²) in [7, 11) is 1.53. The van der Waals surface area contributed by atoms with Crippen LogP contribution in [0.1, 0.15) is 27.5 Å². The van der Waals surface area contributed by atoms with E-state index < -0.39 is 17.8 Å². The van der Waals surface area contributed by atoms with E-state index in [-0.39, 0.29) is 13.2 Å². The van der Waals surface area contributed by atoms with Gasteiger partial charge >= 0.3 is 5.97 Å². The highest BCUT2D eigenvalue weighted by Crippen LogP contribution is 2.30. The number of rotatable bonds is 9. The van der Waals surface area contributed by atoms with Crippen LogP contribution in [0, 0.1) is 6.92 Å². The summed E-state index contributed by atoms with van der Waals surface area (Å²) in [5.74, 6) is -1.42. The Morgan fingerprint density at radius 1 is 1.06 bits per heavy atom. The number of halogens is 1. The molecule has 1 unspecified atom stereocenters. The number of aryl methyl sites for hydroxylation is 1. The van der Waals surface area contributed by atoms with Crippen LogP contribution in [0.3, 0.4) is 0 Å². The predicted molar refractivity (Wildman–Crippen MR) is 139 cm³/mol. The number of aromatic nitrogens is 2. The number of pyridine rings is 1. The number of amides is 1. The number of esters is 1. The van der Waals surface area contributed by atoms with E-state index in [9.17, 15) is 9.59 Å². The van der Waals surface area contributed by atoms with E-state index in [0.717, 1.165) is 16.0 Å². The first-order chi connectivity index (χ1) is 17.5. The van der Waals surface area contributed by atoms with Crippen molar-refractivity contribution in [1.82, 2.24) is 9.97 Å². The number of hydrogen-bond donors (Lipinski definition) is 0. The lowest BCUT2D eigenvalue weighted by Gasteiger charge is -2.27. The van der Waals surface area contributed by atoms with Gasteiger partial charge in [0.2, 0.25) is 5.91 Å². The van der Waals surface area contributed by atoms with Gasteiger partial charge in [-0.05, 0) is 41.8 Å². The van der Waals surface area contributed by atoms with Gasteiger partial charge in [-0.3, -0.25) is 14.5 Å². The fraction of sp³-hybridized carbons (Fsp3) is 0.185. The molecule has 4 rings (SSSR count). The molecule has 0 radical (unpaired) electrons. The average Bonchev–Trinajstić information content (AvgIpc) is 3.32. The van der Waals surface area contributed by atoms with Crippen LogP contribution in [-0.2, 0) is 27.5 Å². The van der Waals surface area contributed by atoms with Gasteiger partial charge < -0.3 is 9.47 Å². The van der Waals surface area contributed by atoms with Crippen LogP contribution in [0.15, 0.2) is 79.1 Å². The topological polar surface area (TPSA) is 81.6 Å². The third-order valence-corrected chi connectivity index (χ3v) is 6.58. The maximum Gasteiger partial charge on any atom is 0.323 e. The molecule has 4 aromatic rings. The third-order valence-electron chi connectivity index (χ3n) is 5.48. The van der Waals surface area contributed by atoms with Crippen LogP contribution in [0.4, 0.5) is 5.82 Å². The van der Waals surface area contributed by atoms with E-state index >= 15 is 0 Å². The molecule has 0 aliphatic carbocycles. The summed E-state index contributed by atoms with van der Waals surface area (Å²) in [4.78, 5) is 38.4. The van der Waals surface area contributed by atoms with Crippen molar-refractivity contribution >= 4 is 40.6 Å². The molecule has 0 saturated heterocycles. The Morgan fingerprint density at radius 3 is 2.56 bits per heavy atom. The summed E-state index contributed by atoms with van der Waals surface area (Å²) in [5, 5.41) is 0. The van der Waals surface area contributed by atoms with Gasteiger partial charge in [-0.1, -0.05) is 60.1 Å². The Kier molecular flexibility index (Phi) is 8.30. The SMILES string of the molecule is COc1cccc(C(C(=O)OCc2ccccc2)C(=O)N(Cc2cnc(Cl)s2)c2ncccc2C)c1. The number of nitrogens with zero attached hydrogens (tertiary/aromatic N) is 3. The zero-order chi connectivity index (χ0) is 25.5. The fourth-order valence-corrected chi connectivity index (χ4v) is 4.67. The minimum Gasteiger partial charge on any atom is -0.497 e. The summed E-state index contributed by atoms with van der Waals surface area (Å²) < 4.78 is 11.3. The molecule has 0 fully saturated rings. The van der Waals surface area contributed by atoms with E-state index in [4.69, 9.17) is 21.1 Å². The maximum absolute atomic E-state index is 14.2. The van der Waals surface area contributed by atoms with Gasteiger partial charge in [0.1, 0.15) is 18.2 Å². The second-order valence-electron chi connectivity index (χ2n) is 7.95. The van der Waals surface area contributed by atoms with E-state index in [1.165, 1.54) is 23.3 Å². The van der Waals surface area contributed by atoms with Gasteiger partial charge in [-0.25, -0.2) is 9.97 Å². The Morgan fingerprint density at radius 2 is 1.86 bits per heavy atom. The molecule has 2 aromatic carbocycles. The number of anilines is 1. The molecule has 2 aromatic heterocycles. The largest absolute Gasteiger partial charge is 0.497 e. The van der Waals surface area contributed by atoms with Gasteiger partial charge in [0.15, 0.2) is 10.4 Å². The Labute approximate surface area is 218 Å². The first kappa shape index (κ1) is 25.3. The van der Waals surface area contributed by atoms with Crippen LogP contribution < -0.4 is 9.64 Å². The molecule has 0 aliphatic rings. The zero-order valence-electron chi connectivity index (χ0n) is 19.8. The second-order valence-corrected chi connectivity index (χ2v) is 9.65. The summed E-state index contributed by atoms with van der Waals surface area (Å²) in [6.45, 7) is 2.05. The molecule has 184 valence electrons. The smallest absolute Gasteiger partial charge is 0.323 e. The van der Waals surface area contributed by atoms with Gasteiger partial charge in [0.25, 0.3) is 0 Å². The van der Waals surface area contributed by atoms with E-state index in [1.54, 1.807) is 42.7 Å². The quantitative estimate of drug-likeness (QED) is 0.211. The molecular formula is C27H24ClN3O4S. The number of hydrogen-bond acceptors (Lipinski definition) is 7. The lowest BCUT2D eigenvalue weighted by atomic mass is 9.96. The van der Waals surface area contributed by atoms with Gasteiger partial charge in [-0.15, -0.1) is 11.3 Å². The highest BCUT2D eigenvalue weighted by Gasteiger charge is 2.36. The number of carbonyl (C=O) groups is 2. The predicted octanol–water partition coefficient (Wildman–Crippen LogP) is 5.57. The van der Waals surface area contributed by atoms with Crippen molar-refractivity contribution < 1.29 is 19.1 Å². The monoisotopic (exact) mass is 521 g/mol. The van der Waals surface area contributed by atoms with Crippen LogP contribution in [0.2, 0.25) is 4.47 Å². The lowest BCUT2D eigenvalue weighted by molar-refractivity contribution is -0.149. The molecule has 0 N–H and O–H groups in total. The highest BCUT2D eigenvalue weighted by molar-refractivity contribution is 7.15. The van der Waals surface area contributed by atoms with Gasteiger partial charge in [0.05, 0.1) is 13.7 Å². The highest BCUT2D eigenvalue weighted by atomic mass is 35.5. The number of ether oxygens (including phenoxy) is 2. The van der Waals surface area contributed by atoms with Crippen molar-refractivity contribution in [3.8, 4) is 5.75 Å². The van der Waals surface area contributed by atoms with Gasteiger partial charge in [0, 0.05) is 17.3 Å². The first-order valence-electron chi connectivity index (χ1n) is 11.1. The summed E-state index contributed by atoms with van der Waals surface area (Å²) in [6.07, 6.45) is 3.22. The van der Waals surface area contributed by atoms with Crippen LogP contribution >= 0.6 is 22.9 Å². The van der Waals surface area contributed by atoms with Crippen molar-refractivity contribution in [3.63, 3.8) is 0 Å². The van der Waals surface area contributed by atoms with Crippen LogP contribution in [0.25, 0.3) is 0 Å². The number of thiazole rings is 1. The van der Waals surface area contributed by atoms with Crippen LogP contribution in [-0.4, -0.2) is 29.0 Å². The van der Waals surface area contributed by atoms with E-state index in [0.29, 0.717) is 21.6 Å². The van der Waals surface area contributed by atoms with E-state index in [2.05, 4.69) is 9.97 Å². The van der Waals surface area contributed by atoms with Gasteiger partial charge in [-0.2, -0.15) is 0 Å². The molecule has 0 bridgehead atoms. The Balaban J connectivity index is 1.73. The number of benzene rings is 2. The second kappa shape index (κ2) is 11.8. The average molecular weight is 522 g/mol. The summed E-state index contributed by atoms with van der Waals surface area (Å²) >= 11 is 7.30. The van der Waals surface area contributed by atoms with Crippen molar-refractivity contribution in [1.29, 1.82) is 0 Å². The molecule has 1 amide bonds. The molecule has 0 aliphatic heterocycles. The molecule has 9 heteroatoms. The molecule has 0 spiro atoms. The number of carbonyl (C=O) groups excluding carboxylic acids is 2. The third kappa shape index (κ3) is 6.08. The lowest BCUT2D eigenvalue weighted by Crippen LogP contribution is -2.39. The normalized spacial score (nSPS) is 11.5. The van der Waals surface area contributed by atoms with Crippen molar-refractivity contribution in [3.05, 3.63) is 105 Å². The molecule has 1 atom stereocenters. The van der Waals surface area contributed by atoms with Crippen LogP contribution in [0.5, 0.6) is 5.75 Å². The summed E-state index contributed by atoms with van der Waals surface area (Å²) in [5.41, 5.74) is 2.06. The fourth-order valence-electron chi connectivity index (χ4n) is 3.70. The Hall–Kier alpha value is -3.75. The molecule has 7 nitrogen and oxygen atoms in total. The molecule has 0 saturated carbocycles. The number of methoxy groups -OCH3 is 1. The van der Waals surface area contributed by atoms with E-state index in [1.807, 2.05) is 43.3 Å². The minimum atomic E-state index is -1.24. The zero-order valence-corrected chi connectivity index (χ0v) is 21.3. The van der Waals surface area contributed by atoms with Crippen molar-refractivity contribution in [2.24, 2.45) is 0 Å². The minimum absolute atomic E-state index is 0.0422. The van der Waals surface area contributed by atoms with Crippen molar-refractivity contribution in [2.45, 2.75) is 26.0 Å². The molecule has 36 heavy (non-hydrogen) atoms.